The topological polar surface area (TPSA) is 17.1 Å². The van der Waals surface area contributed by atoms with Crippen molar-refractivity contribution >= 4 is 5.78 Å². The lowest BCUT2D eigenvalue weighted by molar-refractivity contribution is -0.137. The molecule has 0 aromatic heterocycles. The number of rotatable bonds is 2. The van der Waals surface area contributed by atoms with Crippen molar-refractivity contribution in [1.29, 1.82) is 0 Å². The van der Waals surface area contributed by atoms with E-state index in [0.717, 1.165) is 0 Å². The number of halogens is 6. The summed E-state index contributed by atoms with van der Waals surface area (Å²) < 4.78 is 73.0. The van der Waals surface area contributed by atoms with Gasteiger partial charge in [0, 0.05) is 5.56 Å². The lowest BCUT2D eigenvalue weighted by Gasteiger charge is -2.08. The van der Waals surface area contributed by atoms with Gasteiger partial charge < -0.3 is 0 Å². The smallest absolute Gasteiger partial charge is 0.288 e. The summed E-state index contributed by atoms with van der Waals surface area (Å²) in [6.07, 6.45) is -8.36. The molecule has 7 heteroatoms. The highest BCUT2D eigenvalue weighted by Crippen LogP contribution is 2.30. The number of benzene rings is 1. The summed E-state index contributed by atoms with van der Waals surface area (Å²) in [4.78, 5) is 10.7. The molecule has 0 unspecified atom stereocenters. The highest BCUT2D eigenvalue weighted by atomic mass is 19.4. The Morgan fingerprint density at radius 2 is 1.69 bits per heavy atom. The highest BCUT2D eigenvalue weighted by molar-refractivity contribution is 5.98. The maximum atomic E-state index is 12.7. The van der Waals surface area contributed by atoms with Gasteiger partial charge in [-0.05, 0) is 18.2 Å². The van der Waals surface area contributed by atoms with Crippen molar-refractivity contribution in [2.75, 3.05) is 0 Å². The van der Waals surface area contributed by atoms with Crippen LogP contribution in [0.2, 0.25) is 0 Å². The molecule has 0 aliphatic carbocycles. The van der Waals surface area contributed by atoms with Crippen LogP contribution in [-0.4, -0.2) is 12.2 Å². The summed E-state index contributed by atoms with van der Waals surface area (Å²) in [6, 6.07) is 0.656. The zero-order chi connectivity index (χ0) is 12.5. The summed E-state index contributed by atoms with van der Waals surface area (Å²) in [5.41, 5.74) is -2.47. The second kappa shape index (κ2) is 4.15. The first-order valence-corrected chi connectivity index (χ1v) is 3.92. The summed E-state index contributed by atoms with van der Waals surface area (Å²) in [5.74, 6) is -3.23. The lowest BCUT2D eigenvalue weighted by Crippen LogP contribution is -2.13. The van der Waals surface area contributed by atoms with Gasteiger partial charge in [-0.25, -0.2) is 13.2 Å². The van der Waals surface area contributed by atoms with Crippen molar-refractivity contribution in [3.63, 3.8) is 0 Å². The Labute approximate surface area is 85.7 Å². The van der Waals surface area contributed by atoms with E-state index in [4.69, 9.17) is 0 Å². The van der Waals surface area contributed by atoms with Crippen LogP contribution in [0, 0.1) is 5.82 Å². The summed E-state index contributed by atoms with van der Waals surface area (Å²) in [7, 11) is 0. The zero-order valence-electron chi connectivity index (χ0n) is 7.49. The van der Waals surface area contributed by atoms with Gasteiger partial charge in [0.1, 0.15) is 5.82 Å². The third-order valence-electron chi connectivity index (χ3n) is 1.71. The average Bonchev–Trinajstić information content (AvgIpc) is 2.14. The largest absolute Gasteiger partial charge is 0.416 e. The second-order valence-electron chi connectivity index (χ2n) is 2.89. The molecule has 0 aliphatic heterocycles. The van der Waals surface area contributed by atoms with Crippen molar-refractivity contribution in [3.8, 4) is 0 Å². The van der Waals surface area contributed by atoms with Crippen molar-refractivity contribution < 1.29 is 31.1 Å². The Morgan fingerprint density at radius 3 is 2.12 bits per heavy atom. The first-order chi connectivity index (χ1) is 7.21. The standard InChI is InChI=1S/C9H4F6O/c10-6-2-4(7(16)8(11)12)1-5(3-6)9(13,14)15/h1-3,8H. The molecule has 1 rings (SSSR count). The predicted octanol–water partition coefficient (Wildman–Crippen LogP) is 3.29. The molecule has 0 bridgehead atoms. The molecule has 0 fully saturated rings. The molecular formula is C9H4F6O. The van der Waals surface area contributed by atoms with Crippen LogP contribution in [0.25, 0.3) is 0 Å². The molecule has 0 saturated carbocycles. The monoisotopic (exact) mass is 242 g/mol. The van der Waals surface area contributed by atoms with Crippen LogP contribution >= 0.6 is 0 Å². The minimum Gasteiger partial charge on any atom is -0.288 e. The zero-order valence-corrected chi connectivity index (χ0v) is 7.49. The van der Waals surface area contributed by atoms with Crippen LogP contribution in [0.5, 0.6) is 0 Å². The van der Waals surface area contributed by atoms with Crippen molar-refractivity contribution in [3.05, 3.63) is 35.1 Å². The van der Waals surface area contributed by atoms with Gasteiger partial charge in [0.2, 0.25) is 5.78 Å². The fraction of sp³-hybridized carbons (Fsp3) is 0.222. The van der Waals surface area contributed by atoms with E-state index in [0.29, 0.717) is 6.07 Å². The van der Waals surface area contributed by atoms with Crippen LogP contribution < -0.4 is 0 Å². The molecule has 0 atom stereocenters. The van der Waals surface area contributed by atoms with E-state index in [9.17, 15) is 31.1 Å². The van der Waals surface area contributed by atoms with Gasteiger partial charge in [-0.1, -0.05) is 0 Å². The molecule has 1 aromatic rings. The van der Waals surface area contributed by atoms with Crippen LogP contribution in [0.1, 0.15) is 15.9 Å². The molecular weight excluding hydrogens is 238 g/mol. The normalized spacial score (nSPS) is 11.9. The molecule has 0 saturated heterocycles. The van der Waals surface area contributed by atoms with Gasteiger partial charge in [0.25, 0.3) is 0 Å². The fourth-order valence-electron chi connectivity index (χ4n) is 1.02. The van der Waals surface area contributed by atoms with Crippen LogP contribution in [0.4, 0.5) is 26.3 Å². The lowest BCUT2D eigenvalue weighted by atomic mass is 10.1. The van der Waals surface area contributed by atoms with E-state index < -0.39 is 35.3 Å². The third kappa shape index (κ3) is 2.74. The molecule has 0 aliphatic rings. The molecule has 16 heavy (non-hydrogen) atoms. The molecule has 1 aromatic carbocycles. The van der Waals surface area contributed by atoms with Crippen molar-refractivity contribution in [2.45, 2.75) is 12.6 Å². The minimum absolute atomic E-state index is 0.127. The van der Waals surface area contributed by atoms with Gasteiger partial charge in [-0.2, -0.15) is 13.2 Å². The Hall–Kier alpha value is -1.53. The van der Waals surface area contributed by atoms with Gasteiger partial charge in [-0.3, -0.25) is 4.79 Å². The summed E-state index contributed by atoms with van der Waals surface area (Å²) in [6.45, 7) is 0. The minimum atomic E-state index is -4.89. The van der Waals surface area contributed by atoms with Crippen molar-refractivity contribution in [2.24, 2.45) is 0 Å². The number of alkyl halides is 5. The molecule has 0 radical (unpaired) electrons. The van der Waals surface area contributed by atoms with E-state index >= 15 is 0 Å². The molecule has 0 N–H and O–H groups in total. The van der Waals surface area contributed by atoms with Crippen molar-refractivity contribution in [1.82, 2.24) is 0 Å². The SMILES string of the molecule is O=C(c1cc(F)cc(C(F)(F)F)c1)C(F)F. The molecule has 88 valence electrons. The number of hydrogen-bond donors (Lipinski definition) is 0. The number of carbonyl (C=O) groups is 1. The Morgan fingerprint density at radius 1 is 1.12 bits per heavy atom. The van der Waals surface area contributed by atoms with E-state index in [1.807, 2.05) is 0 Å². The van der Waals surface area contributed by atoms with E-state index in [2.05, 4.69) is 0 Å². The predicted molar refractivity (Wildman–Crippen MR) is 41.7 cm³/mol. The van der Waals surface area contributed by atoms with Gasteiger partial charge >= 0.3 is 12.6 Å². The number of Topliss-reactive ketones (excluding diaryl/α,β-unsaturated/α-hetero) is 1. The molecule has 0 amide bonds. The Kier molecular flexibility index (Phi) is 3.25. The van der Waals surface area contributed by atoms with E-state index in [-0.39, 0.29) is 12.1 Å². The second-order valence-corrected chi connectivity index (χ2v) is 2.89. The van der Waals surface area contributed by atoms with Crippen LogP contribution in [-0.2, 0) is 6.18 Å². The molecule has 0 spiro atoms. The third-order valence-corrected chi connectivity index (χ3v) is 1.71. The van der Waals surface area contributed by atoms with Crippen LogP contribution in [0.15, 0.2) is 18.2 Å². The van der Waals surface area contributed by atoms with E-state index in [1.54, 1.807) is 0 Å². The quantitative estimate of drug-likeness (QED) is 0.574. The maximum Gasteiger partial charge on any atom is 0.416 e. The molecule has 1 nitrogen and oxygen atoms in total. The average molecular weight is 242 g/mol. The fourth-order valence-corrected chi connectivity index (χ4v) is 1.02. The van der Waals surface area contributed by atoms with E-state index in [1.165, 1.54) is 0 Å². The Balaban J connectivity index is 3.24. The highest BCUT2D eigenvalue weighted by Gasteiger charge is 2.32. The summed E-state index contributed by atoms with van der Waals surface area (Å²) >= 11 is 0. The number of ketones is 1. The Bertz CT molecular complexity index is 409. The first-order valence-electron chi connectivity index (χ1n) is 3.92. The number of carbonyl (C=O) groups excluding carboxylic acids is 1. The van der Waals surface area contributed by atoms with Gasteiger partial charge in [0.05, 0.1) is 5.56 Å². The van der Waals surface area contributed by atoms with Gasteiger partial charge in [-0.15, -0.1) is 0 Å². The first kappa shape index (κ1) is 12.5. The van der Waals surface area contributed by atoms with Gasteiger partial charge in [0.15, 0.2) is 0 Å². The molecule has 0 heterocycles. The summed E-state index contributed by atoms with van der Waals surface area (Å²) in [5, 5.41) is 0. The number of hydrogen-bond acceptors (Lipinski definition) is 1. The maximum absolute atomic E-state index is 12.7. The van der Waals surface area contributed by atoms with Crippen LogP contribution in [0.3, 0.4) is 0 Å².